The number of pyridine rings is 1. The van der Waals surface area contributed by atoms with Crippen molar-refractivity contribution in [3.8, 4) is 22.6 Å². The van der Waals surface area contributed by atoms with Crippen molar-refractivity contribution >= 4 is 21.4 Å². The molecule has 154 valence electrons. The fourth-order valence-corrected chi connectivity index (χ4v) is 4.17. The highest BCUT2D eigenvalue weighted by Crippen LogP contribution is 2.41. The lowest BCUT2D eigenvalue weighted by molar-refractivity contribution is 0.221. The van der Waals surface area contributed by atoms with Crippen molar-refractivity contribution in [2.45, 2.75) is 19.5 Å². The Hall–Kier alpha value is -3.06. The third-order valence-corrected chi connectivity index (χ3v) is 5.80. The number of thiophene rings is 1. The summed E-state index contributed by atoms with van der Waals surface area (Å²) < 4.78 is 50.1. The van der Waals surface area contributed by atoms with Crippen LogP contribution in [-0.2, 0) is 12.7 Å². The molecule has 2 aromatic carbocycles. The maximum absolute atomic E-state index is 14.7. The second kappa shape index (κ2) is 7.32. The van der Waals surface area contributed by atoms with Gasteiger partial charge in [0.25, 0.3) is 5.56 Å². The number of halogens is 3. The first-order chi connectivity index (χ1) is 14.1. The average Bonchev–Trinajstić information content (AvgIpc) is 3.16. The normalized spacial score (nSPS) is 11.8. The Kier molecular flexibility index (Phi) is 4.94. The van der Waals surface area contributed by atoms with Gasteiger partial charge in [-0.15, -0.1) is 11.3 Å². The first-order valence-corrected chi connectivity index (χ1v) is 10.1. The van der Waals surface area contributed by atoms with E-state index in [-0.39, 0.29) is 17.1 Å². The topological polar surface area (TPSA) is 31.2 Å². The molecule has 0 radical (unpaired) electrons. The lowest BCUT2D eigenvalue weighted by Crippen LogP contribution is -2.16. The molecule has 0 N–H and O–H groups in total. The molecule has 0 spiro atoms. The Morgan fingerprint density at radius 3 is 2.43 bits per heavy atom. The molecular formula is C23H18F3NO2S. The quantitative estimate of drug-likeness (QED) is 0.369. The van der Waals surface area contributed by atoms with Crippen molar-refractivity contribution in [1.29, 1.82) is 0 Å². The first kappa shape index (κ1) is 20.2. The second-order valence-electron chi connectivity index (χ2n) is 7.48. The summed E-state index contributed by atoms with van der Waals surface area (Å²) in [5, 5.41) is 2.34. The molecule has 0 fully saturated rings. The number of hydrogen-bond donors (Lipinski definition) is 0. The van der Waals surface area contributed by atoms with E-state index in [0.29, 0.717) is 22.1 Å². The van der Waals surface area contributed by atoms with E-state index in [2.05, 4.69) is 0 Å². The SMILES string of the molecule is Cn1cc(-c2cc(C(C)(C)F)ccc2Oc2ccc(F)cc2F)c2sccc2c1=O. The molecule has 2 heterocycles. The van der Waals surface area contributed by atoms with Gasteiger partial charge < -0.3 is 9.30 Å². The summed E-state index contributed by atoms with van der Waals surface area (Å²) in [6, 6.07) is 9.51. The summed E-state index contributed by atoms with van der Waals surface area (Å²) in [6.07, 6.45) is 1.65. The van der Waals surface area contributed by atoms with Crippen LogP contribution in [0.25, 0.3) is 21.2 Å². The van der Waals surface area contributed by atoms with Gasteiger partial charge in [-0.05, 0) is 55.1 Å². The van der Waals surface area contributed by atoms with Gasteiger partial charge in [-0.25, -0.2) is 13.2 Å². The van der Waals surface area contributed by atoms with Crippen LogP contribution >= 0.6 is 11.3 Å². The zero-order valence-corrected chi connectivity index (χ0v) is 17.3. The van der Waals surface area contributed by atoms with Crippen LogP contribution < -0.4 is 10.3 Å². The zero-order chi connectivity index (χ0) is 21.6. The molecular weight excluding hydrogens is 411 g/mol. The lowest BCUT2D eigenvalue weighted by atomic mass is 9.95. The van der Waals surface area contributed by atoms with Crippen LogP contribution in [0.2, 0.25) is 0 Å². The predicted molar refractivity (Wildman–Crippen MR) is 113 cm³/mol. The number of ether oxygens (including phenoxy) is 1. The zero-order valence-electron chi connectivity index (χ0n) is 16.5. The molecule has 0 atom stereocenters. The highest BCUT2D eigenvalue weighted by Gasteiger charge is 2.23. The molecule has 4 rings (SSSR count). The van der Waals surface area contributed by atoms with E-state index in [4.69, 9.17) is 4.74 Å². The minimum Gasteiger partial charge on any atom is -0.454 e. The highest BCUT2D eigenvalue weighted by molar-refractivity contribution is 7.17. The molecule has 2 aromatic heterocycles. The standard InChI is InChI=1S/C23H18F3NO2S/c1-23(2,26)13-4-6-19(29-20-7-5-14(24)11-18(20)25)16(10-13)17-12-27(3)22(28)15-8-9-30-21(15)17/h4-12H,1-3H3. The maximum atomic E-state index is 14.7. The van der Waals surface area contributed by atoms with Crippen LogP contribution in [0.1, 0.15) is 19.4 Å². The van der Waals surface area contributed by atoms with E-state index in [9.17, 15) is 18.0 Å². The number of alkyl halides is 1. The third kappa shape index (κ3) is 3.61. The van der Waals surface area contributed by atoms with Crippen LogP contribution in [0.15, 0.2) is 58.8 Å². The number of nitrogens with zero attached hydrogens (tertiary/aromatic N) is 1. The molecule has 0 saturated carbocycles. The number of aromatic nitrogens is 1. The summed E-state index contributed by atoms with van der Waals surface area (Å²) in [6.45, 7) is 2.88. The lowest BCUT2D eigenvalue weighted by Gasteiger charge is -2.19. The summed E-state index contributed by atoms with van der Waals surface area (Å²) in [4.78, 5) is 12.4. The summed E-state index contributed by atoms with van der Waals surface area (Å²) in [7, 11) is 1.63. The molecule has 3 nitrogen and oxygen atoms in total. The molecule has 7 heteroatoms. The maximum Gasteiger partial charge on any atom is 0.259 e. The van der Waals surface area contributed by atoms with E-state index in [1.807, 2.05) is 0 Å². The molecule has 0 amide bonds. The van der Waals surface area contributed by atoms with Crippen LogP contribution in [0, 0.1) is 11.6 Å². The van der Waals surface area contributed by atoms with Gasteiger partial charge in [-0.3, -0.25) is 4.79 Å². The molecule has 0 saturated heterocycles. The molecule has 4 aromatic rings. The average molecular weight is 429 g/mol. The Morgan fingerprint density at radius 1 is 1.00 bits per heavy atom. The number of rotatable bonds is 4. The van der Waals surface area contributed by atoms with E-state index in [0.717, 1.165) is 16.8 Å². The van der Waals surface area contributed by atoms with E-state index in [1.54, 1.807) is 42.9 Å². The number of hydrogen-bond acceptors (Lipinski definition) is 3. The summed E-state index contributed by atoms with van der Waals surface area (Å²) in [5.41, 5.74) is -0.202. The molecule has 30 heavy (non-hydrogen) atoms. The van der Waals surface area contributed by atoms with Gasteiger partial charge in [0.15, 0.2) is 11.6 Å². The minimum absolute atomic E-state index is 0.149. The van der Waals surface area contributed by atoms with Crippen molar-refractivity contribution in [2.24, 2.45) is 7.05 Å². The Labute approximate surface area is 175 Å². The summed E-state index contributed by atoms with van der Waals surface area (Å²) in [5.74, 6) is -1.45. The van der Waals surface area contributed by atoms with E-state index in [1.165, 1.54) is 35.8 Å². The Morgan fingerprint density at radius 2 is 1.73 bits per heavy atom. The monoisotopic (exact) mass is 429 g/mol. The summed E-state index contributed by atoms with van der Waals surface area (Å²) >= 11 is 1.38. The van der Waals surface area contributed by atoms with Gasteiger partial charge in [0, 0.05) is 35.1 Å². The van der Waals surface area contributed by atoms with Crippen LogP contribution in [0.4, 0.5) is 13.2 Å². The number of fused-ring (bicyclic) bond motifs is 1. The smallest absolute Gasteiger partial charge is 0.259 e. The molecule has 0 aliphatic rings. The van der Waals surface area contributed by atoms with Gasteiger partial charge >= 0.3 is 0 Å². The van der Waals surface area contributed by atoms with Crippen molar-refractivity contribution < 1.29 is 17.9 Å². The van der Waals surface area contributed by atoms with E-state index >= 15 is 0 Å². The predicted octanol–water partition coefficient (Wildman–Crippen LogP) is 6.54. The van der Waals surface area contributed by atoms with Gasteiger partial charge in [-0.1, -0.05) is 6.07 Å². The number of benzene rings is 2. The molecule has 0 aliphatic carbocycles. The Bertz CT molecular complexity index is 1320. The molecule has 0 aliphatic heterocycles. The van der Waals surface area contributed by atoms with Crippen LogP contribution in [0.3, 0.4) is 0 Å². The fraction of sp³-hybridized carbons (Fsp3) is 0.174. The van der Waals surface area contributed by atoms with Crippen LogP contribution in [0.5, 0.6) is 11.5 Å². The van der Waals surface area contributed by atoms with Crippen LogP contribution in [-0.4, -0.2) is 4.57 Å². The largest absolute Gasteiger partial charge is 0.454 e. The van der Waals surface area contributed by atoms with Crippen molar-refractivity contribution in [1.82, 2.24) is 4.57 Å². The van der Waals surface area contributed by atoms with Gasteiger partial charge in [0.05, 0.1) is 5.39 Å². The number of aryl methyl sites for hydroxylation is 1. The molecule has 0 bridgehead atoms. The van der Waals surface area contributed by atoms with Gasteiger partial charge in [0.2, 0.25) is 0 Å². The minimum atomic E-state index is -1.62. The fourth-order valence-electron chi connectivity index (χ4n) is 3.25. The van der Waals surface area contributed by atoms with Crippen molar-refractivity contribution in [2.75, 3.05) is 0 Å². The van der Waals surface area contributed by atoms with Gasteiger partial charge in [0.1, 0.15) is 17.2 Å². The highest BCUT2D eigenvalue weighted by atomic mass is 32.1. The van der Waals surface area contributed by atoms with E-state index < -0.39 is 17.3 Å². The molecule has 0 unspecified atom stereocenters. The van der Waals surface area contributed by atoms with Crippen molar-refractivity contribution in [3.05, 3.63) is 81.6 Å². The second-order valence-corrected chi connectivity index (χ2v) is 8.40. The third-order valence-electron chi connectivity index (χ3n) is 4.85. The first-order valence-electron chi connectivity index (χ1n) is 9.18. The Balaban J connectivity index is 1.96. The van der Waals surface area contributed by atoms with Gasteiger partial charge in [-0.2, -0.15) is 0 Å². The van der Waals surface area contributed by atoms with Crippen molar-refractivity contribution in [3.63, 3.8) is 0 Å².